The van der Waals surface area contributed by atoms with Crippen LogP contribution in [0, 0.1) is 0 Å². The maximum absolute atomic E-state index is 6.74. The van der Waals surface area contributed by atoms with Crippen LogP contribution in [0.2, 0.25) is 0 Å². The Morgan fingerprint density at radius 2 is 0.926 bits per heavy atom. The van der Waals surface area contributed by atoms with Crippen LogP contribution >= 0.6 is 0 Å². The van der Waals surface area contributed by atoms with E-state index in [9.17, 15) is 0 Å². The molecule has 0 unspecified atom stereocenters. The van der Waals surface area contributed by atoms with Gasteiger partial charge in [0.15, 0.2) is 5.58 Å². The van der Waals surface area contributed by atoms with Gasteiger partial charge in [-0.3, -0.25) is 0 Å². The van der Waals surface area contributed by atoms with E-state index in [1.54, 1.807) is 0 Å². The van der Waals surface area contributed by atoms with Gasteiger partial charge in [-0.05, 0) is 86.1 Å². The van der Waals surface area contributed by atoms with Crippen molar-refractivity contribution in [1.29, 1.82) is 0 Å². The number of furan rings is 1. The Kier molecular flexibility index (Phi) is 7.85. The highest BCUT2D eigenvalue weighted by molar-refractivity contribution is 6.11. The van der Waals surface area contributed by atoms with Crippen LogP contribution in [0.1, 0.15) is 0 Å². The van der Waals surface area contributed by atoms with Crippen LogP contribution in [0.3, 0.4) is 0 Å². The molecule has 0 aliphatic carbocycles. The molecule has 9 aromatic carbocycles. The Morgan fingerprint density at radius 1 is 0.315 bits per heavy atom. The van der Waals surface area contributed by atoms with Crippen LogP contribution in [-0.4, -0.2) is 0 Å². The minimum atomic E-state index is 0.854. The van der Waals surface area contributed by atoms with Gasteiger partial charge in [0.1, 0.15) is 5.58 Å². The van der Waals surface area contributed by atoms with Crippen molar-refractivity contribution in [3.63, 3.8) is 0 Å². The van der Waals surface area contributed by atoms with Gasteiger partial charge in [-0.2, -0.15) is 0 Å². The molecular weight excluding hydrogens is 655 g/mol. The van der Waals surface area contributed by atoms with Crippen molar-refractivity contribution in [2.75, 3.05) is 4.90 Å². The third kappa shape index (κ3) is 5.53. The second-order valence-electron chi connectivity index (χ2n) is 13.7. The van der Waals surface area contributed by atoms with E-state index in [1.807, 2.05) is 6.07 Å². The fraction of sp³-hybridized carbons (Fsp3) is 0. The summed E-state index contributed by atoms with van der Waals surface area (Å²) in [5, 5.41) is 4.60. The third-order valence-corrected chi connectivity index (χ3v) is 10.5. The van der Waals surface area contributed by atoms with Crippen molar-refractivity contribution in [2.45, 2.75) is 0 Å². The number of fused-ring (bicyclic) bond motifs is 4. The van der Waals surface area contributed by atoms with Gasteiger partial charge in [0, 0.05) is 22.0 Å². The van der Waals surface area contributed by atoms with Crippen LogP contribution in [0.15, 0.2) is 217 Å². The first-order chi connectivity index (χ1) is 26.8. The smallest absolute Gasteiger partial charge is 0.159 e. The van der Waals surface area contributed by atoms with Crippen molar-refractivity contribution in [2.24, 2.45) is 0 Å². The Bertz CT molecular complexity index is 2930. The Hall–Kier alpha value is -7.16. The zero-order valence-electron chi connectivity index (χ0n) is 29.6. The number of benzene rings is 9. The summed E-state index contributed by atoms with van der Waals surface area (Å²) in [5.74, 6) is 0. The summed E-state index contributed by atoms with van der Waals surface area (Å²) >= 11 is 0. The summed E-state index contributed by atoms with van der Waals surface area (Å²) in [6.45, 7) is 0. The number of rotatable bonds is 7. The lowest BCUT2D eigenvalue weighted by molar-refractivity contribution is 0.669. The molecule has 1 aromatic heterocycles. The lowest BCUT2D eigenvalue weighted by Gasteiger charge is -2.29. The lowest BCUT2D eigenvalue weighted by atomic mass is 9.92. The van der Waals surface area contributed by atoms with Gasteiger partial charge in [-0.25, -0.2) is 0 Å². The van der Waals surface area contributed by atoms with Gasteiger partial charge in [-0.1, -0.05) is 176 Å². The zero-order valence-corrected chi connectivity index (χ0v) is 29.6. The maximum atomic E-state index is 6.74. The summed E-state index contributed by atoms with van der Waals surface area (Å²) in [7, 11) is 0. The Balaban J connectivity index is 1.23. The number of nitrogens with zero attached hydrogens (tertiary/aromatic N) is 1. The first-order valence-electron chi connectivity index (χ1n) is 18.4. The highest BCUT2D eigenvalue weighted by Crippen LogP contribution is 2.48. The summed E-state index contributed by atoms with van der Waals surface area (Å²) < 4.78 is 6.74. The van der Waals surface area contributed by atoms with Gasteiger partial charge in [0.05, 0.1) is 11.4 Å². The maximum Gasteiger partial charge on any atom is 0.159 e. The first kappa shape index (κ1) is 31.6. The van der Waals surface area contributed by atoms with E-state index in [-0.39, 0.29) is 0 Å². The second-order valence-corrected chi connectivity index (χ2v) is 13.7. The van der Waals surface area contributed by atoms with Crippen LogP contribution in [-0.2, 0) is 0 Å². The molecule has 10 rings (SSSR count). The molecule has 0 bridgehead atoms. The average Bonchev–Trinajstić information content (AvgIpc) is 3.64. The van der Waals surface area contributed by atoms with E-state index in [0.29, 0.717) is 0 Å². The van der Waals surface area contributed by atoms with Crippen molar-refractivity contribution in [3.8, 4) is 44.5 Å². The summed E-state index contributed by atoms with van der Waals surface area (Å²) in [6, 6.07) is 75.9. The second kappa shape index (κ2) is 13.4. The van der Waals surface area contributed by atoms with E-state index >= 15 is 0 Å². The third-order valence-electron chi connectivity index (χ3n) is 10.5. The van der Waals surface area contributed by atoms with Crippen LogP contribution < -0.4 is 4.90 Å². The largest absolute Gasteiger partial charge is 0.454 e. The Morgan fingerprint density at radius 3 is 1.72 bits per heavy atom. The molecular formula is C52H35NO. The van der Waals surface area contributed by atoms with E-state index < -0.39 is 0 Å². The minimum Gasteiger partial charge on any atom is -0.454 e. The Labute approximate surface area is 314 Å². The van der Waals surface area contributed by atoms with Gasteiger partial charge in [0.25, 0.3) is 0 Å². The molecule has 254 valence electrons. The van der Waals surface area contributed by atoms with Crippen molar-refractivity contribution in [3.05, 3.63) is 212 Å². The fourth-order valence-electron chi connectivity index (χ4n) is 7.94. The topological polar surface area (TPSA) is 16.4 Å². The normalized spacial score (nSPS) is 11.3. The molecule has 10 aromatic rings. The van der Waals surface area contributed by atoms with Crippen molar-refractivity contribution < 1.29 is 4.42 Å². The molecule has 54 heavy (non-hydrogen) atoms. The van der Waals surface area contributed by atoms with Crippen LogP contribution in [0.25, 0.3) is 77.2 Å². The number of para-hydroxylation sites is 3. The van der Waals surface area contributed by atoms with Gasteiger partial charge in [-0.15, -0.1) is 0 Å². The highest BCUT2D eigenvalue weighted by Gasteiger charge is 2.23. The number of hydrogen-bond acceptors (Lipinski definition) is 2. The summed E-state index contributed by atoms with van der Waals surface area (Å²) in [6.07, 6.45) is 0. The number of hydrogen-bond donors (Lipinski definition) is 0. The van der Waals surface area contributed by atoms with E-state index in [1.165, 1.54) is 38.6 Å². The molecule has 2 heteroatoms. The molecule has 0 aliphatic rings. The van der Waals surface area contributed by atoms with Crippen LogP contribution in [0.5, 0.6) is 0 Å². The highest BCUT2D eigenvalue weighted by atomic mass is 16.3. The summed E-state index contributed by atoms with van der Waals surface area (Å²) in [4.78, 5) is 2.39. The molecule has 0 atom stereocenters. The molecule has 0 fully saturated rings. The molecule has 0 radical (unpaired) electrons. The van der Waals surface area contributed by atoms with Gasteiger partial charge < -0.3 is 9.32 Å². The lowest BCUT2D eigenvalue weighted by Crippen LogP contribution is -2.12. The molecule has 0 N–H and O–H groups in total. The monoisotopic (exact) mass is 689 g/mol. The predicted molar refractivity (Wildman–Crippen MR) is 228 cm³/mol. The zero-order chi connectivity index (χ0) is 35.8. The number of anilines is 3. The van der Waals surface area contributed by atoms with Crippen molar-refractivity contribution in [1.82, 2.24) is 0 Å². The van der Waals surface area contributed by atoms with E-state index in [2.05, 4.69) is 211 Å². The van der Waals surface area contributed by atoms with Gasteiger partial charge in [0.2, 0.25) is 0 Å². The van der Waals surface area contributed by atoms with E-state index in [4.69, 9.17) is 4.42 Å². The first-order valence-corrected chi connectivity index (χ1v) is 18.4. The van der Waals surface area contributed by atoms with Gasteiger partial charge >= 0.3 is 0 Å². The standard InChI is InChI=1S/C52H35NO/c1-4-16-36(17-5-1)39-30-32-43-40(34-39)22-14-25-44(43)45-23-10-12-27-49(45)53(50-28-15-26-47-46-24-11-13-29-51(46)54-52(47)50)41-31-33-42(37-18-6-2-7-19-37)48(35-41)38-20-8-3-9-21-38/h1-35H. The molecule has 0 saturated heterocycles. The predicted octanol–water partition coefficient (Wildman–Crippen LogP) is 14.9. The summed E-state index contributed by atoms with van der Waals surface area (Å²) in [5.41, 5.74) is 14.2. The quantitative estimate of drug-likeness (QED) is 0.166. The molecule has 0 spiro atoms. The van der Waals surface area contributed by atoms with Crippen molar-refractivity contribution >= 4 is 49.8 Å². The average molecular weight is 690 g/mol. The SMILES string of the molecule is c1ccc(-c2ccc3c(-c4ccccc4N(c4ccc(-c5ccccc5)c(-c5ccccc5)c4)c4cccc5c4oc4ccccc45)cccc3c2)cc1. The molecule has 0 aliphatic heterocycles. The molecule has 1 heterocycles. The fourth-order valence-corrected chi connectivity index (χ4v) is 7.94. The molecule has 0 saturated carbocycles. The minimum absolute atomic E-state index is 0.854. The molecule has 0 amide bonds. The van der Waals surface area contributed by atoms with Crippen LogP contribution in [0.4, 0.5) is 17.1 Å². The molecule has 2 nitrogen and oxygen atoms in total. The van der Waals surface area contributed by atoms with E-state index in [0.717, 1.165) is 55.7 Å².